The summed E-state index contributed by atoms with van der Waals surface area (Å²) in [4.78, 5) is 29.2. The first-order valence-corrected chi connectivity index (χ1v) is 6.23. The Hall–Kier alpha value is -1.91. The van der Waals surface area contributed by atoms with Crippen LogP contribution in [0.2, 0.25) is 0 Å². The lowest BCUT2D eigenvalue weighted by molar-refractivity contribution is -0.130. The van der Waals surface area contributed by atoms with Crippen LogP contribution in [-0.4, -0.2) is 41.3 Å². The lowest BCUT2D eigenvalue weighted by Crippen LogP contribution is -2.42. The molecule has 0 aromatic carbocycles. The first-order chi connectivity index (χ1) is 8.77. The molecule has 1 aliphatic heterocycles. The molecule has 2 rings (SSSR count). The van der Waals surface area contributed by atoms with Crippen LogP contribution in [0.5, 0.6) is 0 Å². The van der Waals surface area contributed by atoms with Crippen LogP contribution in [0, 0.1) is 0 Å². The van der Waals surface area contributed by atoms with Crippen LogP contribution in [0.1, 0.15) is 29.6 Å². The molecule has 0 atom stereocenters. The normalized spacial score (nSPS) is 15.2. The summed E-state index contributed by atoms with van der Waals surface area (Å²) in [5.41, 5.74) is 0.524. The second-order valence-electron chi connectivity index (χ2n) is 4.36. The maximum Gasteiger partial charge on any atom is 0.251 e. The minimum Gasteiger partial charge on any atom is -0.343 e. The second kappa shape index (κ2) is 6.14. The maximum atomic E-state index is 11.8. The van der Waals surface area contributed by atoms with Crippen LogP contribution >= 0.6 is 0 Å². The van der Waals surface area contributed by atoms with Crippen LogP contribution in [0.4, 0.5) is 0 Å². The van der Waals surface area contributed by atoms with Gasteiger partial charge in [0.1, 0.15) is 0 Å². The number of hydrogen-bond donors (Lipinski definition) is 1. The molecule has 18 heavy (non-hydrogen) atoms. The largest absolute Gasteiger partial charge is 0.343 e. The van der Waals surface area contributed by atoms with Crippen LogP contribution in [-0.2, 0) is 4.79 Å². The van der Waals surface area contributed by atoms with Crippen molar-refractivity contribution in [3.63, 3.8) is 0 Å². The summed E-state index contributed by atoms with van der Waals surface area (Å²) in [6, 6.07) is 3.25. The zero-order chi connectivity index (χ0) is 12.8. The van der Waals surface area contributed by atoms with Gasteiger partial charge < -0.3 is 10.2 Å². The molecule has 0 bridgehead atoms. The summed E-state index contributed by atoms with van der Waals surface area (Å²) in [6.07, 6.45) is 6.42. The fraction of sp³-hybridized carbons (Fsp3) is 0.462. The third-order valence-corrected chi connectivity index (χ3v) is 3.05. The fourth-order valence-electron chi connectivity index (χ4n) is 2.02. The number of rotatable bonds is 3. The van der Waals surface area contributed by atoms with Crippen molar-refractivity contribution in [2.75, 3.05) is 19.6 Å². The van der Waals surface area contributed by atoms with Gasteiger partial charge in [-0.05, 0) is 31.4 Å². The predicted octanol–water partition coefficient (Wildman–Crippen LogP) is 0.824. The highest BCUT2D eigenvalue weighted by atomic mass is 16.2. The van der Waals surface area contributed by atoms with Crippen LogP contribution in [0.3, 0.4) is 0 Å². The number of piperidine rings is 1. The van der Waals surface area contributed by atoms with Crippen molar-refractivity contribution < 1.29 is 9.59 Å². The lowest BCUT2D eigenvalue weighted by Gasteiger charge is -2.26. The first-order valence-electron chi connectivity index (χ1n) is 6.23. The lowest BCUT2D eigenvalue weighted by atomic mass is 10.1. The molecule has 0 radical (unpaired) electrons. The molecule has 1 fully saturated rings. The minimum absolute atomic E-state index is 0.00268. The molecule has 5 nitrogen and oxygen atoms in total. The van der Waals surface area contributed by atoms with Gasteiger partial charge in [0, 0.05) is 31.0 Å². The number of pyridine rings is 1. The summed E-state index contributed by atoms with van der Waals surface area (Å²) in [5, 5.41) is 2.64. The van der Waals surface area contributed by atoms with Crippen LogP contribution in [0.15, 0.2) is 24.5 Å². The van der Waals surface area contributed by atoms with E-state index in [0.29, 0.717) is 5.56 Å². The van der Waals surface area contributed by atoms with E-state index in [1.165, 1.54) is 6.42 Å². The van der Waals surface area contributed by atoms with E-state index in [2.05, 4.69) is 10.3 Å². The van der Waals surface area contributed by atoms with E-state index in [0.717, 1.165) is 25.9 Å². The van der Waals surface area contributed by atoms with Gasteiger partial charge in [-0.25, -0.2) is 0 Å². The van der Waals surface area contributed by atoms with Gasteiger partial charge in [0.15, 0.2) is 0 Å². The molecule has 2 heterocycles. The van der Waals surface area contributed by atoms with Gasteiger partial charge in [-0.15, -0.1) is 0 Å². The summed E-state index contributed by atoms with van der Waals surface area (Å²) < 4.78 is 0. The molecule has 2 amide bonds. The molecule has 0 saturated carbocycles. The van der Waals surface area contributed by atoms with E-state index in [-0.39, 0.29) is 18.4 Å². The standard InChI is InChI=1S/C13H17N3O2/c17-12(16-8-2-1-3-9-16)10-15-13(18)11-4-6-14-7-5-11/h4-7H,1-3,8-10H2,(H,15,18). The molecule has 0 aliphatic carbocycles. The van der Waals surface area contributed by atoms with E-state index < -0.39 is 0 Å². The monoisotopic (exact) mass is 247 g/mol. The number of amides is 2. The number of aromatic nitrogens is 1. The maximum absolute atomic E-state index is 11.8. The van der Waals surface area contributed by atoms with Crippen LogP contribution in [0.25, 0.3) is 0 Å². The smallest absolute Gasteiger partial charge is 0.251 e. The number of likely N-dealkylation sites (tertiary alicyclic amines) is 1. The van der Waals surface area contributed by atoms with Crippen molar-refractivity contribution in [3.05, 3.63) is 30.1 Å². The zero-order valence-electron chi connectivity index (χ0n) is 10.3. The fourth-order valence-corrected chi connectivity index (χ4v) is 2.02. The van der Waals surface area contributed by atoms with Crippen molar-refractivity contribution in [3.8, 4) is 0 Å². The molecule has 5 heteroatoms. The Kier molecular flexibility index (Phi) is 4.28. The molecule has 0 spiro atoms. The third kappa shape index (κ3) is 3.29. The highest BCUT2D eigenvalue weighted by Crippen LogP contribution is 2.08. The highest BCUT2D eigenvalue weighted by Gasteiger charge is 2.17. The quantitative estimate of drug-likeness (QED) is 0.860. The number of carbonyl (C=O) groups is 2. The zero-order valence-corrected chi connectivity index (χ0v) is 10.3. The molecule has 1 aliphatic rings. The minimum atomic E-state index is -0.234. The first kappa shape index (κ1) is 12.5. The molecule has 1 saturated heterocycles. The molecular weight excluding hydrogens is 230 g/mol. The molecular formula is C13H17N3O2. The second-order valence-corrected chi connectivity index (χ2v) is 4.36. The molecule has 1 aromatic rings. The number of hydrogen-bond acceptors (Lipinski definition) is 3. The molecule has 1 aromatic heterocycles. The Labute approximate surface area is 106 Å². The third-order valence-electron chi connectivity index (χ3n) is 3.05. The van der Waals surface area contributed by atoms with Crippen molar-refractivity contribution in [1.29, 1.82) is 0 Å². The summed E-state index contributed by atoms with van der Waals surface area (Å²) >= 11 is 0. The number of nitrogens with zero attached hydrogens (tertiary/aromatic N) is 2. The van der Waals surface area contributed by atoms with Crippen molar-refractivity contribution in [1.82, 2.24) is 15.2 Å². The highest BCUT2D eigenvalue weighted by molar-refractivity contribution is 5.96. The Morgan fingerprint density at radius 3 is 2.50 bits per heavy atom. The average Bonchev–Trinajstić information content (AvgIpc) is 2.46. The van der Waals surface area contributed by atoms with Gasteiger partial charge in [-0.2, -0.15) is 0 Å². The van der Waals surface area contributed by atoms with Gasteiger partial charge in [0.2, 0.25) is 5.91 Å². The van der Waals surface area contributed by atoms with Gasteiger partial charge in [0.05, 0.1) is 6.54 Å². The molecule has 96 valence electrons. The van der Waals surface area contributed by atoms with Crippen LogP contribution < -0.4 is 5.32 Å². The van der Waals surface area contributed by atoms with Crippen molar-refractivity contribution in [2.45, 2.75) is 19.3 Å². The van der Waals surface area contributed by atoms with Gasteiger partial charge in [-0.3, -0.25) is 14.6 Å². The van der Waals surface area contributed by atoms with Crippen molar-refractivity contribution >= 4 is 11.8 Å². The Morgan fingerprint density at radius 2 is 1.83 bits per heavy atom. The molecule has 1 N–H and O–H groups in total. The van der Waals surface area contributed by atoms with Gasteiger partial charge >= 0.3 is 0 Å². The van der Waals surface area contributed by atoms with E-state index in [1.807, 2.05) is 4.90 Å². The summed E-state index contributed by atoms with van der Waals surface area (Å²) in [7, 11) is 0. The number of nitrogens with one attached hydrogen (secondary N) is 1. The summed E-state index contributed by atoms with van der Waals surface area (Å²) in [5.74, 6) is -0.236. The van der Waals surface area contributed by atoms with E-state index in [9.17, 15) is 9.59 Å². The van der Waals surface area contributed by atoms with Gasteiger partial charge in [0.25, 0.3) is 5.91 Å². The average molecular weight is 247 g/mol. The van der Waals surface area contributed by atoms with E-state index >= 15 is 0 Å². The summed E-state index contributed by atoms with van der Waals surface area (Å²) in [6.45, 7) is 1.69. The van der Waals surface area contributed by atoms with Gasteiger partial charge in [-0.1, -0.05) is 0 Å². The van der Waals surface area contributed by atoms with E-state index in [4.69, 9.17) is 0 Å². The Morgan fingerprint density at radius 1 is 1.17 bits per heavy atom. The van der Waals surface area contributed by atoms with Crippen molar-refractivity contribution in [2.24, 2.45) is 0 Å². The van der Waals surface area contributed by atoms with E-state index in [1.54, 1.807) is 24.5 Å². The number of carbonyl (C=O) groups excluding carboxylic acids is 2. The SMILES string of the molecule is O=C(NCC(=O)N1CCCCC1)c1ccncc1. The predicted molar refractivity (Wildman–Crippen MR) is 67.0 cm³/mol. The Balaban J connectivity index is 1.80. The Bertz CT molecular complexity index is 414. The molecule has 0 unspecified atom stereocenters. The topological polar surface area (TPSA) is 62.3 Å².